The first kappa shape index (κ1) is 17.7. The topological polar surface area (TPSA) is 101 Å². The maximum absolute atomic E-state index is 12.1. The summed E-state index contributed by atoms with van der Waals surface area (Å²) in [4.78, 5) is 12.1. The first-order valence-electron chi connectivity index (χ1n) is 6.95. The zero-order valence-electron chi connectivity index (χ0n) is 11.7. The van der Waals surface area contributed by atoms with Crippen LogP contribution in [0.25, 0.3) is 0 Å². The smallest absolute Gasteiger partial charge is 0.225 e. The lowest BCUT2D eigenvalue weighted by molar-refractivity contribution is -0.126. The summed E-state index contributed by atoms with van der Waals surface area (Å²) in [7, 11) is -3.18. The van der Waals surface area contributed by atoms with Crippen molar-refractivity contribution >= 4 is 28.3 Å². The van der Waals surface area contributed by atoms with Crippen molar-refractivity contribution in [2.75, 3.05) is 18.8 Å². The highest BCUT2D eigenvalue weighted by molar-refractivity contribution is 7.89. The summed E-state index contributed by atoms with van der Waals surface area (Å²) in [5.74, 6) is 0.877. The van der Waals surface area contributed by atoms with E-state index in [9.17, 15) is 13.2 Å². The van der Waals surface area contributed by atoms with E-state index in [1.54, 1.807) is 6.92 Å². The maximum atomic E-state index is 12.1. The van der Waals surface area contributed by atoms with E-state index >= 15 is 0 Å². The fraction of sp³-hybridized carbons (Fsp3) is 0.917. The highest BCUT2D eigenvalue weighted by Gasteiger charge is 2.48. The number of halogens is 1. The van der Waals surface area contributed by atoms with Crippen LogP contribution in [0.15, 0.2) is 0 Å². The zero-order chi connectivity index (χ0) is 14.0. The number of nitrogens with one attached hydrogen (secondary N) is 2. The molecule has 20 heavy (non-hydrogen) atoms. The fourth-order valence-corrected chi connectivity index (χ4v) is 3.95. The molecule has 2 aliphatic carbocycles. The molecule has 0 radical (unpaired) electrons. The van der Waals surface area contributed by atoms with Gasteiger partial charge in [-0.15, -0.1) is 12.4 Å². The number of nitrogens with two attached hydrogens (primary N) is 1. The summed E-state index contributed by atoms with van der Waals surface area (Å²) in [6, 6.07) is -0.0221. The summed E-state index contributed by atoms with van der Waals surface area (Å²) in [6.07, 6.45) is 3.31. The molecule has 2 aliphatic rings. The second-order valence-corrected chi connectivity index (χ2v) is 7.62. The highest BCUT2D eigenvalue weighted by Crippen LogP contribution is 2.47. The van der Waals surface area contributed by atoms with Crippen LogP contribution in [0, 0.1) is 17.8 Å². The molecule has 2 rings (SSSR count). The second kappa shape index (κ2) is 7.06. The summed E-state index contributed by atoms with van der Waals surface area (Å²) in [6.45, 7) is 2.13. The highest BCUT2D eigenvalue weighted by atomic mass is 35.5. The SMILES string of the molecule is CCS(=O)(=O)NCCNC(=O)C1C2CCC(C2)C1N.Cl. The van der Waals surface area contributed by atoms with E-state index in [-0.39, 0.29) is 42.6 Å². The molecule has 4 unspecified atom stereocenters. The van der Waals surface area contributed by atoms with Crippen molar-refractivity contribution < 1.29 is 13.2 Å². The van der Waals surface area contributed by atoms with E-state index in [0.717, 1.165) is 19.3 Å². The largest absolute Gasteiger partial charge is 0.354 e. The number of carbonyl (C=O) groups excluding carboxylic acids is 1. The molecule has 2 bridgehead atoms. The fourth-order valence-electron chi connectivity index (χ4n) is 3.34. The average Bonchev–Trinajstić information content (AvgIpc) is 2.95. The lowest BCUT2D eigenvalue weighted by atomic mass is 9.84. The molecule has 0 aromatic rings. The predicted octanol–water partition coefficient (Wildman–Crippen LogP) is -0.163. The van der Waals surface area contributed by atoms with Crippen LogP contribution in [0.5, 0.6) is 0 Å². The lowest BCUT2D eigenvalue weighted by Crippen LogP contribution is -2.46. The van der Waals surface area contributed by atoms with E-state index < -0.39 is 10.0 Å². The molecule has 0 aliphatic heterocycles. The Hall–Kier alpha value is -0.370. The molecule has 1 amide bonds. The summed E-state index contributed by atoms with van der Waals surface area (Å²) in [5, 5.41) is 2.79. The predicted molar refractivity (Wildman–Crippen MR) is 80.0 cm³/mol. The minimum absolute atomic E-state index is 0. The summed E-state index contributed by atoms with van der Waals surface area (Å²) >= 11 is 0. The van der Waals surface area contributed by atoms with Crippen LogP contribution in [0.2, 0.25) is 0 Å². The first-order valence-corrected chi connectivity index (χ1v) is 8.60. The minimum atomic E-state index is -3.18. The number of sulfonamides is 1. The number of hydrogen-bond donors (Lipinski definition) is 3. The normalized spacial score (nSPS) is 31.9. The van der Waals surface area contributed by atoms with Crippen LogP contribution in [0.3, 0.4) is 0 Å². The van der Waals surface area contributed by atoms with Crippen molar-refractivity contribution in [1.29, 1.82) is 0 Å². The van der Waals surface area contributed by atoms with Crippen molar-refractivity contribution in [1.82, 2.24) is 10.0 Å². The Kier molecular flexibility index (Phi) is 6.25. The molecule has 2 saturated carbocycles. The van der Waals surface area contributed by atoms with Crippen molar-refractivity contribution in [2.24, 2.45) is 23.5 Å². The van der Waals surface area contributed by atoms with Gasteiger partial charge in [0.1, 0.15) is 0 Å². The van der Waals surface area contributed by atoms with Gasteiger partial charge < -0.3 is 11.1 Å². The number of carbonyl (C=O) groups is 1. The molecular formula is C12H24ClN3O3S. The molecule has 2 fully saturated rings. The van der Waals surface area contributed by atoms with Gasteiger partial charge in [0.2, 0.25) is 15.9 Å². The van der Waals surface area contributed by atoms with E-state index in [1.165, 1.54) is 0 Å². The average molecular weight is 326 g/mol. The molecule has 0 aromatic carbocycles. The quantitative estimate of drug-likeness (QED) is 0.590. The summed E-state index contributed by atoms with van der Waals surface area (Å²) < 4.78 is 24.9. The van der Waals surface area contributed by atoms with E-state index in [2.05, 4.69) is 10.0 Å². The van der Waals surface area contributed by atoms with E-state index in [1.807, 2.05) is 0 Å². The third kappa shape index (κ3) is 3.84. The molecule has 0 saturated heterocycles. The molecule has 0 aromatic heterocycles. The van der Waals surface area contributed by atoms with Gasteiger partial charge in [-0.2, -0.15) is 0 Å². The van der Waals surface area contributed by atoms with E-state index in [0.29, 0.717) is 18.4 Å². The standard InChI is InChI=1S/C12H23N3O3S.ClH/c1-2-19(17,18)15-6-5-14-12(16)10-8-3-4-9(7-8)11(10)13;/h8-11,15H,2-7,13H2,1H3,(H,14,16);1H. The first-order chi connectivity index (χ1) is 8.94. The number of fused-ring (bicyclic) bond motifs is 2. The number of amides is 1. The van der Waals surface area contributed by atoms with Crippen molar-refractivity contribution in [3.8, 4) is 0 Å². The molecule has 8 heteroatoms. The van der Waals surface area contributed by atoms with Crippen LogP contribution >= 0.6 is 12.4 Å². The Morgan fingerprint density at radius 1 is 1.25 bits per heavy atom. The van der Waals surface area contributed by atoms with Crippen LogP contribution in [0.4, 0.5) is 0 Å². The van der Waals surface area contributed by atoms with Gasteiger partial charge in [0.05, 0.1) is 11.7 Å². The molecule has 0 spiro atoms. The molecule has 0 heterocycles. The van der Waals surface area contributed by atoms with Crippen molar-refractivity contribution in [3.05, 3.63) is 0 Å². The molecular weight excluding hydrogens is 302 g/mol. The lowest BCUT2D eigenvalue weighted by Gasteiger charge is -2.27. The Balaban J connectivity index is 0.00000200. The number of rotatable bonds is 6. The van der Waals surface area contributed by atoms with Crippen LogP contribution in [0.1, 0.15) is 26.2 Å². The van der Waals surface area contributed by atoms with Gasteiger partial charge in [-0.05, 0) is 38.0 Å². The van der Waals surface area contributed by atoms with Gasteiger partial charge in [-0.1, -0.05) is 0 Å². The second-order valence-electron chi connectivity index (χ2n) is 5.53. The number of hydrogen-bond acceptors (Lipinski definition) is 4. The molecule has 4 atom stereocenters. The maximum Gasteiger partial charge on any atom is 0.225 e. The Bertz CT molecular complexity index is 441. The van der Waals surface area contributed by atoms with Crippen LogP contribution in [-0.2, 0) is 14.8 Å². The molecule has 6 nitrogen and oxygen atoms in total. The van der Waals surface area contributed by atoms with Gasteiger partial charge in [0.15, 0.2) is 0 Å². The van der Waals surface area contributed by atoms with Crippen LogP contribution < -0.4 is 15.8 Å². The summed E-state index contributed by atoms with van der Waals surface area (Å²) in [5.41, 5.74) is 6.09. The van der Waals surface area contributed by atoms with Gasteiger partial charge in [-0.3, -0.25) is 4.79 Å². The minimum Gasteiger partial charge on any atom is -0.354 e. The molecule has 4 N–H and O–H groups in total. The Labute approximate surface area is 126 Å². The van der Waals surface area contributed by atoms with Crippen molar-refractivity contribution in [2.45, 2.75) is 32.2 Å². The Morgan fingerprint density at radius 2 is 1.90 bits per heavy atom. The zero-order valence-corrected chi connectivity index (χ0v) is 13.3. The Morgan fingerprint density at radius 3 is 2.45 bits per heavy atom. The van der Waals surface area contributed by atoms with Crippen LogP contribution in [-0.4, -0.2) is 39.2 Å². The van der Waals surface area contributed by atoms with Gasteiger partial charge in [-0.25, -0.2) is 13.1 Å². The third-order valence-corrected chi connectivity index (χ3v) is 5.81. The van der Waals surface area contributed by atoms with Gasteiger partial charge >= 0.3 is 0 Å². The van der Waals surface area contributed by atoms with E-state index in [4.69, 9.17) is 5.73 Å². The third-order valence-electron chi connectivity index (χ3n) is 4.41. The molecule has 118 valence electrons. The van der Waals surface area contributed by atoms with Gasteiger partial charge in [0.25, 0.3) is 0 Å². The van der Waals surface area contributed by atoms with Gasteiger partial charge in [0, 0.05) is 19.1 Å². The monoisotopic (exact) mass is 325 g/mol. The van der Waals surface area contributed by atoms with Crippen molar-refractivity contribution in [3.63, 3.8) is 0 Å².